The van der Waals surface area contributed by atoms with Crippen molar-refractivity contribution >= 4 is 35.1 Å². The van der Waals surface area contributed by atoms with Crippen molar-refractivity contribution in [1.29, 1.82) is 0 Å². The summed E-state index contributed by atoms with van der Waals surface area (Å²) in [5.74, 6) is -0.998. The van der Waals surface area contributed by atoms with Gasteiger partial charge in [0.15, 0.2) is 0 Å². The molecule has 0 aliphatic carbocycles. The van der Waals surface area contributed by atoms with Gasteiger partial charge in [-0.25, -0.2) is 9.18 Å². The number of hydrogen-bond donors (Lipinski definition) is 0. The van der Waals surface area contributed by atoms with Crippen LogP contribution in [0.15, 0.2) is 12.1 Å². The third-order valence-electron chi connectivity index (χ3n) is 5.88. The molecule has 1 saturated heterocycles. The highest BCUT2D eigenvalue weighted by Crippen LogP contribution is 2.31. The number of halogens is 3. The van der Waals surface area contributed by atoms with Crippen molar-refractivity contribution < 1.29 is 28.2 Å². The summed E-state index contributed by atoms with van der Waals surface area (Å²) < 4.78 is 30.5. The Morgan fingerprint density at radius 2 is 1.88 bits per heavy atom. The predicted molar refractivity (Wildman–Crippen MR) is 126 cm³/mol. The molecule has 0 bridgehead atoms. The fraction of sp³-hybridized carbons (Fsp3) is 0.667. The average Bonchev–Trinajstić information content (AvgIpc) is 3.15. The van der Waals surface area contributed by atoms with E-state index in [-0.39, 0.29) is 29.4 Å². The molecule has 186 valence electrons. The summed E-state index contributed by atoms with van der Waals surface area (Å²) in [7, 11) is 3.14. The normalized spacial score (nSPS) is 20.6. The van der Waals surface area contributed by atoms with Crippen LogP contribution in [0, 0.1) is 11.7 Å². The monoisotopic (exact) mass is 505 g/mol. The lowest BCUT2D eigenvalue weighted by Gasteiger charge is -2.34. The second kappa shape index (κ2) is 11.8. The molecule has 0 aromatic heterocycles. The number of benzene rings is 1. The first kappa shape index (κ1) is 27.8. The number of Topliss-reactive ketones (excluding diaryl/α,β-unsaturated/α-hetero) is 1. The van der Waals surface area contributed by atoms with Gasteiger partial charge in [-0.05, 0) is 57.7 Å². The summed E-state index contributed by atoms with van der Waals surface area (Å²) in [4.78, 5) is 27.4. The van der Waals surface area contributed by atoms with E-state index in [2.05, 4.69) is 0 Å². The molecule has 1 fully saturated rings. The number of rotatable bonds is 9. The van der Waals surface area contributed by atoms with Gasteiger partial charge in [0.1, 0.15) is 17.2 Å². The Labute approximate surface area is 205 Å². The SMILES string of the molecule is CO[C@@H]1CC([C@H](OC)[C@@H](C)C(=O)CCCc2cc(F)c(Cl)cc2Cl)N(C(=O)OC(C)(C)C)C1. The molecule has 1 heterocycles. The van der Waals surface area contributed by atoms with Crippen LogP contribution in [0.2, 0.25) is 10.0 Å². The van der Waals surface area contributed by atoms with E-state index in [4.69, 9.17) is 37.4 Å². The Morgan fingerprint density at radius 3 is 2.45 bits per heavy atom. The highest BCUT2D eigenvalue weighted by atomic mass is 35.5. The Kier molecular flexibility index (Phi) is 9.97. The van der Waals surface area contributed by atoms with Gasteiger partial charge in [-0.3, -0.25) is 9.69 Å². The zero-order chi connectivity index (χ0) is 24.9. The van der Waals surface area contributed by atoms with Gasteiger partial charge in [0, 0.05) is 31.6 Å². The largest absolute Gasteiger partial charge is 0.444 e. The summed E-state index contributed by atoms with van der Waals surface area (Å²) in [6, 6.07) is 2.32. The van der Waals surface area contributed by atoms with Crippen molar-refractivity contribution in [2.24, 2.45) is 5.92 Å². The van der Waals surface area contributed by atoms with Crippen LogP contribution in [0.4, 0.5) is 9.18 Å². The van der Waals surface area contributed by atoms with Crippen LogP contribution in [-0.4, -0.2) is 61.4 Å². The Morgan fingerprint density at radius 1 is 1.21 bits per heavy atom. The second-order valence-electron chi connectivity index (χ2n) is 9.46. The first-order valence-electron chi connectivity index (χ1n) is 11.1. The third-order valence-corrected chi connectivity index (χ3v) is 6.52. The number of aryl methyl sites for hydroxylation is 1. The molecule has 0 radical (unpaired) electrons. The molecule has 4 atom stereocenters. The van der Waals surface area contributed by atoms with Crippen molar-refractivity contribution in [1.82, 2.24) is 4.90 Å². The Hall–Kier alpha value is -1.41. The summed E-state index contributed by atoms with van der Waals surface area (Å²) in [6.07, 6.45) is 0.642. The zero-order valence-electron chi connectivity index (χ0n) is 20.1. The molecule has 0 spiro atoms. The van der Waals surface area contributed by atoms with Gasteiger partial charge in [0.05, 0.1) is 29.8 Å². The van der Waals surface area contributed by atoms with Gasteiger partial charge in [0.2, 0.25) is 0 Å². The van der Waals surface area contributed by atoms with E-state index in [0.29, 0.717) is 36.4 Å². The predicted octanol–water partition coefficient (Wildman–Crippen LogP) is 5.70. The van der Waals surface area contributed by atoms with E-state index in [9.17, 15) is 14.0 Å². The first-order chi connectivity index (χ1) is 15.4. The van der Waals surface area contributed by atoms with Crippen LogP contribution < -0.4 is 0 Å². The number of likely N-dealkylation sites (tertiary alicyclic amines) is 1. The summed E-state index contributed by atoms with van der Waals surface area (Å²) >= 11 is 11.9. The van der Waals surface area contributed by atoms with Crippen LogP contribution >= 0.6 is 23.2 Å². The molecule has 1 unspecified atom stereocenters. The van der Waals surface area contributed by atoms with Gasteiger partial charge in [-0.15, -0.1) is 0 Å². The zero-order valence-corrected chi connectivity index (χ0v) is 21.6. The second-order valence-corrected chi connectivity index (χ2v) is 10.3. The maximum Gasteiger partial charge on any atom is 0.410 e. The minimum Gasteiger partial charge on any atom is -0.444 e. The van der Waals surface area contributed by atoms with E-state index >= 15 is 0 Å². The fourth-order valence-corrected chi connectivity index (χ4v) is 4.63. The molecule has 33 heavy (non-hydrogen) atoms. The molecular weight excluding hydrogens is 472 g/mol. The lowest BCUT2D eigenvalue weighted by molar-refractivity contribution is -0.128. The lowest BCUT2D eigenvalue weighted by atomic mass is 9.89. The molecule has 6 nitrogen and oxygen atoms in total. The molecule has 1 aromatic carbocycles. The van der Waals surface area contributed by atoms with Crippen LogP contribution in [0.1, 0.15) is 52.5 Å². The summed E-state index contributed by atoms with van der Waals surface area (Å²) in [6.45, 7) is 7.60. The maximum absolute atomic E-state index is 13.7. The van der Waals surface area contributed by atoms with Crippen LogP contribution in [0.25, 0.3) is 0 Å². The molecule has 9 heteroatoms. The van der Waals surface area contributed by atoms with Crippen molar-refractivity contribution in [3.05, 3.63) is 33.6 Å². The van der Waals surface area contributed by atoms with Crippen molar-refractivity contribution in [3.8, 4) is 0 Å². The molecule has 1 aliphatic heterocycles. The van der Waals surface area contributed by atoms with Crippen LogP contribution in [-0.2, 0) is 25.4 Å². The molecule has 0 saturated carbocycles. The number of ether oxygens (including phenoxy) is 3. The molecule has 1 amide bonds. The highest BCUT2D eigenvalue weighted by Gasteiger charge is 2.44. The number of ketones is 1. The Bertz CT molecular complexity index is 845. The number of hydrogen-bond acceptors (Lipinski definition) is 5. The molecule has 1 aliphatic rings. The van der Waals surface area contributed by atoms with Gasteiger partial charge < -0.3 is 14.2 Å². The van der Waals surface area contributed by atoms with E-state index in [1.165, 1.54) is 19.2 Å². The van der Waals surface area contributed by atoms with Crippen molar-refractivity contribution in [3.63, 3.8) is 0 Å². The number of amides is 1. The van der Waals surface area contributed by atoms with Gasteiger partial charge in [0.25, 0.3) is 0 Å². The van der Waals surface area contributed by atoms with Crippen molar-refractivity contribution in [2.45, 2.75) is 77.2 Å². The number of methoxy groups -OCH3 is 2. The van der Waals surface area contributed by atoms with Crippen LogP contribution in [0.3, 0.4) is 0 Å². The molecular formula is C24H34Cl2FNO5. The third kappa shape index (κ3) is 7.54. The molecule has 2 rings (SSSR count). The van der Waals surface area contributed by atoms with E-state index in [1.54, 1.807) is 18.9 Å². The van der Waals surface area contributed by atoms with Gasteiger partial charge in [-0.1, -0.05) is 30.1 Å². The number of nitrogens with zero attached hydrogens (tertiary/aromatic N) is 1. The minimum absolute atomic E-state index is 0.00239. The lowest BCUT2D eigenvalue weighted by Crippen LogP contribution is -2.49. The maximum atomic E-state index is 13.7. The van der Waals surface area contributed by atoms with E-state index < -0.39 is 29.5 Å². The fourth-order valence-electron chi connectivity index (χ4n) is 4.15. The highest BCUT2D eigenvalue weighted by molar-refractivity contribution is 6.35. The summed E-state index contributed by atoms with van der Waals surface area (Å²) in [5, 5.41) is 0.345. The van der Waals surface area contributed by atoms with Gasteiger partial charge >= 0.3 is 6.09 Å². The topological polar surface area (TPSA) is 65.1 Å². The summed E-state index contributed by atoms with van der Waals surface area (Å²) in [5.41, 5.74) is -0.0312. The van der Waals surface area contributed by atoms with E-state index in [1.807, 2.05) is 20.8 Å². The minimum atomic E-state index is -0.640. The Balaban J connectivity index is 2.05. The average molecular weight is 506 g/mol. The quantitative estimate of drug-likeness (QED) is 0.402. The number of carbonyl (C=O) groups is 2. The number of carbonyl (C=O) groups excluding carboxylic acids is 2. The van der Waals surface area contributed by atoms with Crippen molar-refractivity contribution in [2.75, 3.05) is 20.8 Å². The van der Waals surface area contributed by atoms with E-state index in [0.717, 1.165) is 0 Å². The van der Waals surface area contributed by atoms with Crippen LogP contribution in [0.5, 0.6) is 0 Å². The molecule has 0 N–H and O–H groups in total. The van der Waals surface area contributed by atoms with Gasteiger partial charge in [-0.2, -0.15) is 0 Å². The molecule has 1 aromatic rings. The standard InChI is InChI=1S/C24H34Cl2FNO5/c1-14(21(29)9-7-8-15-10-19(27)18(26)12-17(15)25)22(32-6)20-11-16(31-5)13-28(20)23(30)33-24(2,3)4/h10,12,14,16,20,22H,7-9,11,13H2,1-6H3/t14-,16+,20?,22+/m0/s1. The first-order valence-corrected chi connectivity index (χ1v) is 11.8. The smallest absolute Gasteiger partial charge is 0.410 e.